The number of carbonyl (C=O) groups excluding carboxylic acids is 3. The third kappa shape index (κ3) is 43.5. The Morgan fingerprint density at radius 2 is 0.589 bits per heavy atom. The molecule has 0 aliphatic heterocycles. The van der Waals surface area contributed by atoms with Crippen LogP contribution in [0.4, 0.5) is 0 Å². The molecule has 0 fully saturated rings. The maximum atomic E-state index is 12.7. The number of rotatable bonds is 45. The van der Waals surface area contributed by atoms with Gasteiger partial charge in [0.05, 0.1) is 0 Å². The van der Waals surface area contributed by atoms with Crippen LogP contribution in [0.5, 0.6) is 0 Å². The van der Waals surface area contributed by atoms with Crippen molar-refractivity contribution in [3.05, 3.63) is 0 Å². The summed E-state index contributed by atoms with van der Waals surface area (Å²) in [4.78, 5) is 37.5. The summed E-state index contributed by atoms with van der Waals surface area (Å²) in [5, 5.41) is 0. The van der Waals surface area contributed by atoms with Crippen LogP contribution in [0.3, 0.4) is 0 Å². The maximum absolute atomic E-state index is 12.7. The SMILES string of the molecule is CCCCCCCCCCCCCCC(=O)O[C@H](COC(=O)CCCCCCC)COC(=O)CCCCCCCCCCCCCCCCCCCCC(C)C. The minimum absolute atomic E-state index is 0.0640. The van der Waals surface area contributed by atoms with Crippen molar-refractivity contribution in [2.24, 2.45) is 5.92 Å². The molecule has 0 saturated heterocycles. The summed E-state index contributed by atoms with van der Waals surface area (Å²) in [5.74, 6) is -0.00370. The lowest BCUT2D eigenvalue weighted by molar-refractivity contribution is -0.167. The molecule has 0 saturated carbocycles. The summed E-state index contributed by atoms with van der Waals surface area (Å²) in [6.07, 6.45) is 45.5. The fourth-order valence-corrected chi connectivity index (χ4v) is 7.51. The van der Waals surface area contributed by atoms with E-state index in [-0.39, 0.29) is 31.1 Å². The highest BCUT2D eigenvalue weighted by atomic mass is 16.6. The van der Waals surface area contributed by atoms with Crippen molar-refractivity contribution in [1.82, 2.24) is 0 Å². The van der Waals surface area contributed by atoms with Crippen molar-refractivity contribution in [3.63, 3.8) is 0 Å². The van der Waals surface area contributed by atoms with E-state index in [9.17, 15) is 14.4 Å². The summed E-state index contributed by atoms with van der Waals surface area (Å²) in [7, 11) is 0. The zero-order valence-corrected chi connectivity index (χ0v) is 38.1. The molecule has 6 nitrogen and oxygen atoms in total. The summed E-state index contributed by atoms with van der Waals surface area (Å²) in [6, 6.07) is 0. The summed E-state index contributed by atoms with van der Waals surface area (Å²) in [6.45, 7) is 8.95. The van der Waals surface area contributed by atoms with Crippen LogP contribution >= 0.6 is 0 Å². The average molecular weight is 793 g/mol. The van der Waals surface area contributed by atoms with Crippen LogP contribution in [0.25, 0.3) is 0 Å². The second kappa shape index (κ2) is 44.5. The van der Waals surface area contributed by atoms with Crippen molar-refractivity contribution in [2.45, 2.75) is 284 Å². The number of ether oxygens (including phenoxy) is 3. The molecule has 0 aromatic carbocycles. The van der Waals surface area contributed by atoms with Crippen LogP contribution in [-0.4, -0.2) is 37.2 Å². The normalized spacial score (nSPS) is 11.9. The van der Waals surface area contributed by atoms with E-state index in [1.807, 2.05) is 0 Å². The van der Waals surface area contributed by atoms with Gasteiger partial charge < -0.3 is 14.2 Å². The van der Waals surface area contributed by atoms with Crippen LogP contribution in [0.15, 0.2) is 0 Å². The molecule has 0 rings (SSSR count). The van der Waals surface area contributed by atoms with Gasteiger partial charge in [-0.2, -0.15) is 0 Å². The highest BCUT2D eigenvalue weighted by Crippen LogP contribution is 2.17. The van der Waals surface area contributed by atoms with E-state index in [2.05, 4.69) is 27.7 Å². The molecule has 1 atom stereocenters. The van der Waals surface area contributed by atoms with Crippen molar-refractivity contribution >= 4 is 17.9 Å². The first kappa shape index (κ1) is 54.4. The van der Waals surface area contributed by atoms with E-state index in [1.54, 1.807) is 0 Å². The highest BCUT2D eigenvalue weighted by molar-refractivity contribution is 5.71. The fraction of sp³-hybridized carbons (Fsp3) is 0.940. The first-order chi connectivity index (χ1) is 27.4. The molecule has 0 aromatic heterocycles. The third-order valence-electron chi connectivity index (χ3n) is 11.3. The van der Waals surface area contributed by atoms with E-state index in [4.69, 9.17) is 14.2 Å². The van der Waals surface area contributed by atoms with E-state index in [0.717, 1.165) is 70.1 Å². The van der Waals surface area contributed by atoms with Crippen molar-refractivity contribution in [2.75, 3.05) is 13.2 Å². The molecular formula is C50H96O6. The zero-order chi connectivity index (χ0) is 41.0. The second-order valence-corrected chi connectivity index (χ2v) is 17.6. The van der Waals surface area contributed by atoms with Gasteiger partial charge in [-0.1, -0.05) is 240 Å². The number of esters is 3. The van der Waals surface area contributed by atoms with Gasteiger partial charge in [-0.25, -0.2) is 0 Å². The monoisotopic (exact) mass is 793 g/mol. The van der Waals surface area contributed by atoms with Gasteiger partial charge in [0.1, 0.15) is 13.2 Å². The van der Waals surface area contributed by atoms with Crippen molar-refractivity contribution < 1.29 is 28.6 Å². The fourth-order valence-electron chi connectivity index (χ4n) is 7.51. The van der Waals surface area contributed by atoms with Gasteiger partial charge in [-0.05, 0) is 25.2 Å². The van der Waals surface area contributed by atoms with Crippen LogP contribution in [-0.2, 0) is 28.6 Å². The van der Waals surface area contributed by atoms with Gasteiger partial charge in [0.2, 0.25) is 0 Å². The summed E-state index contributed by atoms with van der Waals surface area (Å²) < 4.78 is 16.6. The predicted molar refractivity (Wildman–Crippen MR) is 238 cm³/mol. The van der Waals surface area contributed by atoms with Gasteiger partial charge in [-0.15, -0.1) is 0 Å². The summed E-state index contributed by atoms with van der Waals surface area (Å²) >= 11 is 0. The molecular weight excluding hydrogens is 697 g/mol. The van der Waals surface area contributed by atoms with Crippen LogP contribution in [0.1, 0.15) is 278 Å². The lowest BCUT2D eigenvalue weighted by Gasteiger charge is -2.18. The summed E-state index contributed by atoms with van der Waals surface area (Å²) in [5.41, 5.74) is 0. The van der Waals surface area contributed by atoms with Crippen LogP contribution < -0.4 is 0 Å². The molecule has 6 heteroatoms. The van der Waals surface area contributed by atoms with E-state index >= 15 is 0 Å². The molecule has 0 unspecified atom stereocenters. The first-order valence-corrected chi connectivity index (χ1v) is 24.9. The van der Waals surface area contributed by atoms with Gasteiger partial charge in [0.15, 0.2) is 6.10 Å². The second-order valence-electron chi connectivity index (χ2n) is 17.6. The van der Waals surface area contributed by atoms with Crippen molar-refractivity contribution in [3.8, 4) is 0 Å². The minimum atomic E-state index is -0.757. The Bertz CT molecular complexity index is 841. The zero-order valence-electron chi connectivity index (χ0n) is 38.1. The van der Waals surface area contributed by atoms with Crippen LogP contribution in [0, 0.1) is 5.92 Å². The molecule has 0 aliphatic rings. The smallest absolute Gasteiger partial charge is 0.306 e. The average Bonchev–Trinajstić information content (AvgIpc) is 3.18. The number of hydrogen-bond acceptors (Lipinski definition) is 6. The molecule has 0 amide bonds. The van der Waals surface area contributed by atoms with Gasteiger partial charge >= 0.3 is 17.9 Å². The quantitative estimate of drug-likeness (QED) is 0.0347. The Morgan fingerprint density at radius 1 is 0.339 bits per heavy atom. The van der Waals surface area contributed by atoms with Crippen LogP contribution in [0.2, 0.25) is 0 Å². The highest BCUT2D eigenvalue weighted by Gasteiger charge is 2.19. The standard InChI is InChI=1S/C50H96O6/c1-5-7-9-11-12-13-14-24-28-31-35-39-43-50(53)56-47(44-54-48(51)41-37-32-10-8-6-2)45-55-49(52)42-38-34-30-27-25-22-20-18-16-15-17-19-21-23-26-29-33-36-40-46(3)4/h46-47H,5-45H2,1-4H3/t47-/m1/s1. The molecule has 0 bridgehead atoms. The maximum Gasteiger partial charge on any atom is 0.306 e. The Labute approximate surface area is 348 Å². The predicted octanol–water partition coefficient (Wildman–Crippen LogP) is 15.9. The minimum Gasteiger partial charge on any atom is -0.462 e. The lowest BCUT2D eigenvalue weighted by Crippen LogP contribution is -2.30. The molecule has 0 radical (unpaired) electrons. The molecule has 332 valence electrons. The Balaban J connectivity index is 4.05. The molecule has 0 N–H and O–H groups in total. The number of hydrogen-bond donors (Lipinski definition) is 0. The first-order valence-electron chi connectivity index (χ1n) is 24.9. The van der Waals surface area contributed by atoms with Gasteiger partial charge in [0, 0.05) is 19.3 Å². The van der Waals surface area contributed by atoms with Crippen molar-refractivity contribution in [1.29, 1.82) is 0 Å². The Kier molecular flexibility index (Phi) is 43.2. The van der Waals surface area contributed by atoms with E-state index in [0.29, 0.717) is 19.3 Å². The van der Waals surface area contributed by atoms with Gasteiger partial charge in [0.25, 0.3) is 0 Å². The lowest BCUT2D eigenvalue weighted by atomic mass is 10.0. The third-order valence-corrected chi connectivity index (χ3v) is 11.3. The largest absolute Gasteiger partial charge is 0.462 e. The molecule has 0 heterocycles. The molecule has 0 spiro atoms. The number of unbranched alkanes of at least 4 members (excludes halogenated alkanes) is 32. The van der Waals surface area contributed by atoms with E-state index < -0.39 is 6.10 Å². The van der Waals surface area contributed by atoms with E-state index in [1.165, 1.54) is 167 Å². The molecule has 56 heavy (non-hydrogen) atoms. The molecule has 0 aliphatic carbocycles. The topological polar surface area (TPSA) is 78.9 Å². The Morgan fingerprint density at radius 3 is 0.875 bits per heavy atom. The van der Waals surface area contributed by atoms with Gasteiger partial charge in [-0.3, -0.25) is 14.4 Å². The number of carbonyl (C=O) groups is 3. The molecule has 0 aromatic rings. The Hall–Kier alpha value is -1.59.